The van der Waals surface area contributed by atoms with Crippen LogP contribution in [0.15, 0.2) is 42.5 Å². The molecule has 0 aliphatic rings. The van der Waals surface area contributed by atoms with Gasteiger partial charge in [0.1, 0.15) is 17.1 Å². The number of hydrogen-bond acceptors (Lipinski definition) is 4. The van der Waals surface area contributed by atoms with Crippen LogP contribution in [0.5, 0.6) is 11.5 Å². The maximum absolute atomic E-state index is 11.8. The predicted molar refractivity (Wildman–Crippen MR) is 85.0 cm³/mol. The van der Waals surface area contributed by atoms with Crippen molar-refractivity contribution in [2.45, 2.75) is 13.3 Å². The molecule has 0 bridgehead atoms. The molecule has 2 aromatic carbocycles. The molecule has 2 aromatic rings. The van der Waals surface area contributed by atoms with E-state index in [2.05, 4.69) is 5.32 Å². The monoisotopic (exact) mass is 315 g/mol. The van der Waals surface area contributed by atoms with E-state index in [-0.39, 0.29) is 30.2 Å². The molecule has 0 radical (unpaired) electrons. The minimum Gasteiger partial charge on any atom is -0.507 e. The zero-order chi connectivity index (χ0) is 16.8. The molecular formula is C17H17NO5. The molecule has 6 heteroatoms. The van der Waals surface area contributed by atoms with Gasteiger partial charge in [-0.05, 0) is 37.3 Å². The average Bonchev–Trinajstić information content (AvgIpc) is 2.51. The van der Waals surface area contributed by atoms with Crippen LogP contribution >= 0.6 is 0 Å². The van der Waals surface area contributed by atoms with E-state index >= 15 is 0 Å². The quantitative estimate of drug-likeness (QED) is 0.712. The Hall–Kier alpha value is -3.02. The first-order valence-corrected chi connectivity index (χ1v) is 7.01. The summed E-state index contributed by atoms with van der Waals surface area (Å²) >= 11 is 0. The van der Waals surface area contributed by atoms with Crippen LogP contribution in [0.1, 0.15) is 22.3 Å². The largest absolute Gasteiger partial charge is 0.507 e. The van der Waals surface area contributed by atoms with E-state index in [4.69, 9.17) is 9.84 Å². The van der Waals surface area contributed by atoms with Crippen molar-refractivity contribution in [3.63, 3.8) is 0 Å². The third-order valence-corrected chi connectivity index (χ3v) is 3.13. The molecule has 0 atom stereocenters. The number of hydrogen-bond donors (Lipinski definition) is 3. The Morgan fingerprint density at radius 1 is 1.13 bits per heavy atom. The third-order valence-electron chi connectivity index (χ3n) is 3.13. The summed E-state index contributed by atoms with van der Waals surface area (Å²) in [5.41, 5.74) is 1.16. The number of benzene rings is 2. The second-order valence-corrected chi connectivity index (χ2v) is 5.00. The molecule has 0 heterocycles. The number of carbonyl (C=O) groups is 2. The highest BCUT2D eigenvalue weighted by molar-refractivity contribution is 5.95. The van der Waals surface area contributed by atoms with Crippen molar-refractivity contribution in [3.8, 4) is 11.5 Å². The first-order chi connectivity index (χ1) is 11.0. The molecule has 0 aliphatic carbocycles. The van der Waals surface area contributed by atoms with E-state index in [1.165, 1.54) is 18.2 Å². The summed E-state index contributed by atoms with van der Waals surface area (Å²) in [4.78, 5) is 22.7. The van der Waals surface area contributed by atoms with Gasteiger partial charge in [-0.3, -0.25) is 4.79 Å². The molecule has 2 rings (SSSR count). The maximum atomic E-state index is 11.8. The number of rotatable bonds is 6. The molecule has 0 saturated carbocycles. The standard InChI is InChI=1S/C17H17NO5/c1-11-2-5-13(6-3-11)23-9-8-16(20)18-12-4-7-15(19)14(10-12)17(21)22/h2-7,10,19H,8-9H2,1H3,(H,18,20)(H,21,22). The average molecular weight is 315 g/mol. The Kier molecular flexibility index (Phi) is 5.19. The number of carbonyl (C=O) groups excluding carboxylic acids is 1. The Labute approximate surface area is 133 Å². The lowest BCUT2D eigenvalue weighted by atomic mass is 10.2. The molecule has 3 N–H and O–H groups in total. The summed E-state index contributed by atoms with van der Waals surface area (Å²) < 4.78 is 5.46. The highest BCUT2D eigenvalue weighted by Crippen LogP contribution is 2.21. The van der Waals surface area contributed by atoms with E-state index in [1.54, 1.807) is 0 Å². The fourth-order valence-electron chi connectivity index (χ4n) is 1.90. The van der Waals surface area contributed by atoms with Gasteiger partial charge in [-0.2, -0.15) is 0 Å². The van der Waals surface area contributed by atoms with Crippen molar-refractivity contribution in [1.29, 1.82) is 0 Å². The van der Waals surface area contributed by atoms with E-state index < -0.39 is 5.97 Å². The van der Waals surface area contributed by atoms with Crippen molar-refractivity contribution in [2.24, 2.45) is 0 Å². The summed E-state index contributed by atoms with van der Waals surface area (Å²) in [5, 5.41) is 20.9. The van der Waals surface area contributed by atoms with Crippen LogP contribution in [0, 0.1) is 6.92 Å². The van der Waals surface area contributed by atoms with Crippen molar-refractivity contribution >= 4 is 17.6 Å². The minimum atomic E-state index is -1.26. The van der Waals surface area contributed by atoms with Gasteiger partial charge < -0.3 is 20.3 Å². The fraction of sp³-hybridized carbons (Fsp3) is 0.176. The van der Waals surface area contributed by atoms with Gasteiger partial charge >= 0.3 is 5.97 Å². The number of nitrogens with one attached hydrogen (secondary N) is 1. The van der Waals surface area contributed by atoms with Crippen molar-refractivity contribution in [1.82, 2.24) is 0 Å². The molecule has 0 saturated heterocycles. The molecule has 23 heavy (non-hydrogen) atoms. The van der Waals surface area contributed by atoms with Gasteiger partial charge in [-0.1, -0.05) is 17.7 Å². The van der Waals surface area contributed by atoms with Crippen LogP contribution in [0.25, 0.3) is 0 Å². The summed E-state index contributed by atoms with van der Waals surface area (Å²) in [6.45, 7) is 2.18. The minimum absolute atomic E-state index is 0.122. The molecule has 1 amide bonds. The maximum Gasteiger partial charge on any atom is 0.339 e. The van der Waals surface area contributed by atoms with Gasteiger partial charge in [0.2, 0.25) is 5.91 Å². The predicted octanol–water partition coefficient (Wildman–Crippen LogP) is 2.81. The number of phenols is 1. The van der Waals surface area contributed by atoms with Gasteiger partial charge in [0.05, 0.1) is 13.0 Å². The second-order valence-electron chi connectivity index (χ2n) is 5.00. The highest BCUT2D eigenvalue weighted by Gasteiger charge is 2.11. The Balaban J connectivity index is 1.86. The Morgan fingerprint density at radius 3 is 2.48 bits per heavy atom. The lowest BCUT2D eigenvalue weighted by Crippen LogP contribution is -2.15. The zero-order valence-corrected chi connectivity index (χ0v) is 12.6. The van der Waals surface area contributed by atoms with Gasteiger partial charge in [0.15, 0.2) is 0 Å². The van der Waals surface area contributed by atoms with E-state index in [9.17, 15) is 14.7 Å². The van der Waals surface area contributed by atoms with Gasteiger partial charge in [-0.15, -0.1) is 0 Å². The third kappa shape index (κ3) is 4.74. The number of carboxylic acid groups (broad SMARTS) is 1. The number of ether oxygens (including phenoxy) is 1. The summed E-state index contributed by atoms with van der Waals surface area (Å²) in [5.74, 6) is -1.24. The lowest BCUT2D eigenvalue weighted by molar-refractivity contribution is -0.116. The second kappa shape index (κ2) is 7.31. The number of aromatic hydroxyl groups is 1. The molecule has 0 spiro atoms. The van der Waals surface area contributed by atoms with Crippen LogP contribution in [0.4, 0.5) is 5.69 Å². The van der Waals surface area contributed by atoms with Gasteiger partial charge in [0.25, 0.3) is 0 Å². The van der Waals surface area contributed by atoms with Crippen LogP contribution < -0.4 is 10.1 Å². The molecule has 0 aromatic heterocycles. The van der Waals surface area contributed by atoms with E-state index in [1.807, 2.05) is 31.2 Å². The number of anilines is 1. The van der Waals surface area contributed by atoms with Crippen LogP contribution in [0.3, 0.4) is 0 Å². The van der Waals surface area contributed by atoms with E-state index in [0.717, 1.165) is 5.56 Å². The Bertz CT molecular complexity index is 709. The van der Waals surface area contributed by atoms with Gasteiger partial charge in [-0.25, -0.2) is 4.79 Å². The number of aryl methyl sites for hydroxylation is 1. The Morgan fingerprint density at radius 2 is 1.83 bits per heavy atom. The lowest BCUT2D eigenvalue weighted by Gasteiger charge is -2.08. The highest BCUT2D eigenvalue weighted by atomic mass is 16.5. The number of aromatic carboxylic acids is 1. The van der Waals surface area contributed by atoms with Crippen LogP contribution in [0.2, 0.25) is 0 Å². The summed E-state index contributed by atoms with van der Waals surface area (Å²) in [6, 6.07) is 11.3. The fourth-order valence-corrected chi connectivity index (χ4v) is 1.90. The first-order valence-electron chi connectivity index (χ1n) is 7.01. The van der Waals surface area contributed by atoms with Crippen LogP contribution in [-0.2, 0) is 4.79 Å². The molecule has 0 unspecified atom stereocenters. The summed E-state index contributed by atoms with van der Waals surface area (Å²) in [6.07, 6.45) is 0.122. The normalized spacial score (nSPS) is 10.1. The first kappa shape index (κ1) is 16.4. The number of carboxylic acids is 1. The van der Waals surface area contributed by atoms with Crippen molar-refractivity contribution in [3.05, 3.63) is 53.6 Å². The molecule has 6 nitrogen and oxygen atoms in total. The summed E-state index contributed by atoms with van der Waals surface area (Å²) in [7, 11) is 0. The van der Waals surface area contributed by atoms with Crippen molar-refractivity contribution < 1.29 is 24.5 Å². The van der Waals surface area contributed by atoms with Crippen LogP contribution in [-0.4, -0.2) is 28.7 Å². The molecule has 0 fully saturated rings. The topological polar surface area (TPSA) is 95.9 Å². The molecule has 120 valence electrons. The van der Waals surface area contributed by atoms with Gasteiger partial charge in [0, 0.05) is 5.69 Å². The smallest absolute Gasteiger partial charge is 0.339 e. The zero-order valence-electron chi connectivity index (χ0n) is 12.6. The number of amides is 1. The van der Waals surface area contributed by atoms with Crippen molar-refractivity contribution in [2.75, 3.05) is 11.9 Å². The molecule has 0 aliphatic heterocycles. The SMILES string of the molecule is Cc1ccc(OCCC(=O)Nc2ccc(O)c(C(=O)O)c2)cc1. The van der Waals surface area contributed by atoms with E-state index in [0.29, 0.717) is 11.4 Å². The molecular weight excluding hydrogens is 298 g/mol.